The quantitative estimate of drug-likeness (QED) is 0.852. The monoisotopic (exact) mass is 321 g/mol. The largest absolute Gasteiger partial charge is 0.375 e. The Balaban J connectivity index is 1.43. The van der Waals surface area contributed by atoms with Gasteiger partial charge in [0.05, 0.1) is 18.2 Å². The maximum absolute atomic E-state index is 12.5. The molecule has 3 aliphatic rings. The van der Waals surface area contributed by atoms with Gasteiger partial charge in [-0.1, -0.05) is 0 Å². The number of morpholine rings is 1. The van der Waals surface area contributed by atoms with Gasteiger partial charge in [0.25, 0.3) is 5.91 Å². The summed E-state index contributed by atoms with van der Waals surface area (Å²) < 4.78 is 6.02. The van der Waals surface area contributed by atoms with Crippen molar-refractivity contribution in [2.45, 2.75) is 37.8 Å². The third-order valence-corrected chi connectivity index (χ3v) is 5.70. The Kier molecular flexibility index (Phi) is 4.15. The first-order valence-electron chi connectivity index (χ1n) is 8.34. The van der Waals surface area contributed by atoms with Crippen LogP contribution in [-0.4, -0.2) is 65.6 Å². The van der Waals surface area contributed by atoms with Crippen LogP contribution in [0.5, 0.6) is 0 Å². The lowest BCUT2D eigenvalue weighted by molar-refractivity contribution is -0.0727. The average Bonchev–Trinajstić information content (AvgIpc) is 3.23. The molecule has 4 rings (SSSR count). The predicted octanol–water partition coefficient (Wildman–Crippen LogP) is 1.86. The van der Waals surface area contributed by atoms with Gasteiger partial charge in [0.2, 0.25) is 0 Å². The summed E-state index contributed by atoms with van der Waals surface area (Å²) in [5, 5.41) is 1.84. The summed E-state index contributed by atoms with van der Waals surface area (Å²) in [6.07, 6.45) is 5.04. The van der Waals surface area contributed by atoms with Crippen molar-refractivity contribution in [2.24, 2.45) is 5.92 Å². The molecule has 2 aliphatic heterocycles. The summed E-state index contributed by atoms with van der Waals surface area (Å²) in [5.41, 5.74) is 2.32. The van der Waals surface area contributed by atoms with Gasteiger partial charge in [0.1, 0.15) is 5.69 Å². The summed E-state index contributed by atoms with van der Waals surface area (Å²) >= 11 is 1.48. The number of hydrogen-bond acceptors (Lipinski definition) is 5. The van der Waals surface area contributed by atoms with E-state index in [0.717, 1.165) is 45.0 Å². The third-order valence-electron chi connectivity index (χ3n) is 5.12. The smallest absolute Gasteiger partial charge is 0.273 e. The maximum atomic E-state index is 12.5. The van der Waals surface area contributed by atoms with E-state index in [1.807, 2.05) is 10.3 Å². The molecule has 6 heteroatoms. The highest BCUT2D eigenvalue weighted by atomic mass is 32.1. The van der Waals surface area contributed by atoms with Crippen molar-refractivity contribution in [1.82, 2.24) is 14.8 Å². The second kappa shape index (κ2) is 6.26. The molecular weight excluding hydrogens is 298 g/mol. The summed E-state index contributed by atoms with van der Waals surface area (Å²) in [5.74, 6) is 0.989. The van der Waals surface area contributed by atoms with Crippen LogP contribution in [0, 0.1) is 5.92 Å². The van der Waals surface area contributed by atoms with Gasteiger partial charge in [-0.05, 0) is 31.6 Å². The molecule has 0 N–H and O–H groups in total. The van der Waals surface area contributed by atoms with Crippen LogP contribution >= 0.6 is 11.3 Å². The Bertz CT molecular complexity index is 517. The molecule has 0 aromatic carbocycles. The van der Waals surface area contributed by atoms with Crippen LogP contribution in [0.3, 0.4) is 0 Å². The molecule has 1 saturated carbocycles. The fourth-order valence-corrected chi connectivity index (χ4v) is 4.23. The van der Waals surface area contributed by atoms with Crippen molar-refractivity contribution < 1.29 is 9.53 Å². The molecule has 120 valence electrons. The first kappa shape index (κ1) is 14.6. The van der Waals surface area contributed by atoms with Crippen LogP contribution in [0.15, 0.2) is 10.9 Å². The zero-order valence-electron chi connectivity index (χ0n) is 12.8. The molecule has 2 unspecified atom stereocenters. The number of fused-ring (bicyclic) bond motifs is 1. The summed E-state index contributed by atoms with van der Waals surface area (Å²) in [6, 6.07) is 0.489. The van der Waals surface area contributed by atoms with Crippen molar-refractivity contribution in [3.63, 3.8) is 0 Å². The number of ether oxygens (including phenoxy) is 1. The molecule has 1 amide bonds. The Morgan fingerprint density at radius 1 is 1.27 bits per heavy atom. The van der Waals surface area contributed by atoms with E-state index >= 15 is 0 Å². The van der Waals surface area contributed by atoms with Crippen molar-refractivity contribution >= 4 is 17.2 Å². The van der Waals surface area contributed by atoms with E-state index in [9.17, 15) is 4.79 Å². The van der Waals surface area contributed by atoms with Crippen LogP contribution in [0.4, 0.5) is 0 Å². The lowest BCUT2D eigenvalue weighted by Gasteiger charge is -2.40. The van der Waals surface area contributed by atoms with Crippen LogP contribution in [0.25, 0.3) is 0 Å². The van der Waals surface area contributed by atoms with E-state index in [1.165, 1.54) is 30.7 Å². The topological polar surface area (TPSA) is 45.7 Å². The van der Waals surface area contributed by atoms with Gasteiger partial charge in [-0.15, -0.1) is 11.3 Å². The first-order valence-corrected chi connectivity index (χ1v) is 9.28. The van der Waals surface area contributed by atoms with Crippen molar-refractivity contribution in [3.8, 4) is 0 Å². The summed E-state index contributed by atoms with van der Waals surface area (Å²) in [4.78, 5) is 21.3. The zero-order chi connectivity index (χ0) is 14.9. The normalized spacial score (nSPS) is 29.9. The number of hydrogen-bond donors (Lipinski definition) is 0. The maximum Gasteiger partial charge on any atom is 0.273 e. The van der Waals surface area contributed by atoms with Gasteiger partial charge in [0, 0.05) is 37.6 Å². The second-order valence-corrected chi connectivity index (χ2v) is 7.38. The van der Waals surface area contributed by atoms with E-state index in [0.29, 0.717) is 17.8 Å². The zero-order valence-corrected chi connectivity index (χ0v) is 13.6. The van der Waals surface area contributed by atoms with Crippen LogP contribution in [0.2, 0.25) is 0 Å². The van der Waals surface area contributed by atoms with Crippen molar-refractivity contribution in [3.05, 3.63) is 16.6 Å². The van der Waals surface area contributed by atoms with Crippen LogP contribution < -0.4 is 0 Å². The fourth-order valence-electron chi connectivity index (χ4n) is 3.70. The summed E-state index contributed by atoms with van der Waals surface area (Å²) in [7, 11) is 0. The van der Waals surface area contributed by atoms with Crippen LogP contribution in [-0.2, 0) is 4.74 Å². The highest BCUT2D eigenvalue weighted by Crippen LogP contribution is 2.33. The Morgan fingerprint density at radius 3 is 2.91 bits per heavy atom. The molecule has 2 atom stereocenters. The molecule has 3 heterocycles. The molecule has 0 radical (unpaired) electrons. The molecule has 3 fully saturated rings. The predicted molar refractivity (Wildman–Crippen MR) is 85.1 cm³/mol. The molecule has 22 heavy (non-hydrogen) atoms. The minimum Gasteiger partial charge on any atom is -0.375 e. The number of nitrogens with zero attached hydrogens (tertiary/aromatic N) is 3. The molecule has 1 aliphatic carbocycles. The van der Waals surface area contributed by atoms with E-state index < -0.39 is 0 Å². The minimum absolute atomic E-state index is 0.0774. The number of carbonyl (C=O) groups is 1. The van der Waals surface area contributed by atoms with Crippen molar-refractivity contribution in [1.29, 1.82) is 0 Å². The Hall–Kier alpha value is -0.980. The minimum atomic E-state index is 0.0774. The fraction of sp³-hybridized carbons (Fsp3) is 0.750. The average molecular weight is 321 g/mol. The van der Waals surface area contributed by atoms with Gasteiger partial charge in [-0.2, -0.15) is 0 Å². The second-order valence-electron chi connectivity index (χ2n) is 6.66. The summed E-state index contributed by atoms with van der Waals surface area (Å²) in [6.45, 7) is 4.73. The molecular formula is C16H23N3O2S. The molecule has 0 bridgehead atoms. The van der Waals surface area contributed by atoms with Gasteiger partial charge in [0.15, 0.2) is 0 Å². The van der Waals surface area contributed by atoms with E-state index in [1.54, 1.807) is 5.51 Å². The van der Waals surface area contributed by atoms with Gasteiger partial charge < -0.3 is 9.64 Å². The van der Waals surface area contributed by atoms with E-state index in [4.69, 9.17) is 4.74 Å². The molecule has 5 nitrogen and oxygen atoms in total. The van der Waals surface area contributed by atoms with Gasteiger partial charge in [-0.25, -0.2) is 4.98 Å². The van der Waals surface area contributed by atoms with Crippen molar-refractivity contribution in [2.75, 3.05) is 32.8 Å². The highest BCUT2D eigenvalue weighted by molar-refractivity contribution is 7.07. The SMILES string of the molecule is O=C(c1cscn1)N1CCC2OCCN(CC3CC3)C2CC1. The molecule has 0 spiro atoms. The number of aromatic nitrogens is 1. The van der Waals surface area contributed by atoms with Gasteiger partial charge in [-0.3, -0.25) is 9.69 Å². The lowest BCUT2D eigenvalue weighted by Crippen LogP contribution is -2.51. The number of carbonyl (C=O) groups excluding carboxylic acids is 1. The van der Waals surface area contributed by atoms with E-state index in [2.05, 4.69) is 9.88 Å². The molecule has 1 aromatic rings. The lowest BCUT2D eigenvalue weighted by atomic mass is 10.0. The molecule has 2 saturated heterocycles. The molecule has 1 aromatic heterocycles. The standard InChI is InChI=1S/C16H23N3O2S/c20-16(13-10-22-11-17-13)18-5-3-14-15(4-6-18)21-8-7-19(14)9-12-1-2-12/h10-12,14-15H,1-9H2. The number of rotatable bonds is 3. The van der Waals surface area contributed by atoms with Gasteiger partial charge >= 0.3 is 0 Å². The van der Waals surface area contributed by atoms with E-state index in [-0.39, 0.29) is 5.91 Å². The first-order chi connectivity index (χ1) is 10.8. The third kappa shape index (κ3) is 3.05. The highest BCUT2D eigenvalue weighted by Gasteiger charge is 2.38. The Morgan fingerprint density at radius 2 is 2.14 bits per heavy atom. The number of thiazole rings is 1. The van der Waals surface area contributed by atoms with Crippen LogP contribution in [0.1, 0.15) is 36.2 Å². The number of likely N-dealkylation sites (tertiary alicyclic amines) is 1. The number of amides is 1. The Labute approximate surface area is 135 Å².